The number of hydrogen-bond donors (Lipinski definition) is 1. The van der Waals surface area contributed by atoms with Crippen LogP contribution in [0.15, 0.2) is 61.2 Å². The quantitative estimate of drug-likeness (QED) is 0.749. The van der Waals surface area contributed by atoms with Crippen LogP contribution >= 0.6 is 0 Å². The Morgan fingerprint density at radius 2 is 1.77 bits per heavy atom. The minimum atomic E-state index is 0.574. The summed E-state index contributed by atoms with van der Waals surface area (Å²) in [6.45, 7) is 11.5. The van der Waals surface area contributed by atoms with Gasteiger partial charge >= 0.3 is 0 Å². The van der Waals surface area contributed by atoms with Gasteiger partial charge in [0.2, 0.25) is 0 Å². The lowest BCUT2D eigenvalue weighted by Crippen LogP contribution is -2.11. The maximum atomic E-state index is 4.14. The number of benzene rings is 2. The van der Waals surface area contributed by atoms with E-state index >= 15 is 0 Å². The van der Waals surface area contributed by atoms with Gasteiger partial charge in [0.15, 0.2) is 0 Å². The Balaban J connectivity index is 1.97. The topological polar surface area (TPSA) is 12.0 Å². The van der Waals surface area contributed by atoms with Crippen molar-refractivity contribution >= 4 is 11.8 Å². The van der Waals surface area contributed by atoms with Gasteiger partial charge in [-0.15, -0.1) is 0 Å². The molecule has 0 bridgehead atoms. The van der Waals surface area contributed by atoms with E-state index < -0.39 is 0 Å². The molecule has 1 N–H and O–H groups in total. The first kappa shape index (κ1) is 16.1. The van der Waals surface area contributed by atoms with Crippen LogP contribution in [-0.2, 0) is 6.54 Å². The molecule has 0 aliphatic carbocycles. The van der Waals surface area contributed by atoms with Crippen molar-refractivity contribution in [3.8, 4) is 0 Å². The summed E-state index contributed by atoms with van der Waals surface area (Å²) in [6, 6.07) is 16.9. The van der Waals surface area contributed by atoms with E-state index in [-0.39, 0.29) is 0 Å². The molecule has 0 aromatic heterocycles. The van der Waals surface area contributed by atoms with Crippen LogP contribution in [0.5, 0.6) is 0 Å². The molecular formula is C21H25N. The molecule has 0 atom stereocenters. The Morgan fingerprint density at radius 1 is 1.09 bits per heavy atom. The van der Waals surface area contributed by atoms with Gasteiger partial charge in [-0.05, 0) is 35.1 Å². The molecule has 0 saturated heterocycles. The minimum absolute atomic E-state index is 0.574. The summed E-state index contributed by atoms with van der Waals surface area (Å²) in [5.41, 5.74) is 5.93. The van der Waals surface area contributed by atoms with Crippen molar-refractivity contribution in [3.05, 3.63) is 83.4 Å². The molecule has 1 heteroatoms. The summed E-state index contributed by atoms with van der Waals surface area (Å²) in [6.07, 6.45) is 4.37. The second kappa shape index (κ2) is 7.65. The fourth-order valence-electron chi connectivity index (χ4n) is 2.21. The highest BCUT2D eigenvalue weighted by Gasteiger charge is 2.01. The standard InChI is InChI=1S/C21H25N/c1-16(2)9-10-19-11-13-20(14-12-19)18(4)22-15-21-8-6-5-7-17(21)3/h5-14,16,22H,4,15H2,1-3H3/b10-9+. The van der Waals surface area contributed by atoms with Gasteiger partial charge in [0.05, 0.1) is 0 Å². The molecule has 1 nitrogen and oxygen atoms in total. The Morgan fingerprint density at radius 3 is 2.41 bits per heavy atom. The smallest absolute Gasteiger partial charge is 0.0403 e. The lowest BCUT2D eigenvalue weighted by Gasteiger charge is -2.12. The Hall–Kier alpha value is -2.28. The van der Waals surface area contributed by atoms with Crippen molar-refractivity contribution in [1.82, 2.24) is 5.32 Å². The fraction of sp³-hybridized carbons (Fsp3) is 0.238. The van der Waals surface area contributed by atoms with Gasteiger partial charge in [-0.3, -0.25) is 0 Å². The zero-order valence-electron chi connectivity index (χ0n) is 13.8. The molecular weight excluding hydrogens is 266 g/mol. The van der Waals surface area contributed by atoms with E-state index in [2.05, 4.69) is 93.3 Å². The molecule has 0 saturated carbocycles. The Labute approximate surface area is 134 Å². The van der Waals surface area contributed by atoms with Crippen LogP contribution in [0.3, 0.4) is 0 Å². The van der Waals surface area contributed by atoms with Crippen LogP contribution in [0.2, 0.25) is 0 Å². The number of allylic oxidation sites excluding steroid dienone is 1. The molecule has 2 aromatic rings. The van der Waals surface area contributed by atoms with Gasteiger partial charge in [-0.25, -0.2) is 0 Å². The van der Waals surface area contributed by atoms with Crippen molar-refractivity contribution in [2.24, 2.45) is 5.92 Å². The van der Waals surface area contributed by atoms with Gasteiger partial charge < -0.3 is 5.32 Å². The predicted molar refractivity (Wildman–Crippen MR) is 97.4 cm³/mol. The first-order valence-electron chi connectivity index (χ1n) is 7.82. The SMILES string of the molecule is C=C(NCc1ccccc1C)c1ccc(/C=C/C(C)C)cc1. The maximum Gasteiger partial charge on any atom is 0.0403 e. The van der Waals surface area contributed by atoms with Crippen LogP contribution in [0.25, 0.3) is 11.8 Å². The third-order valence-electron chi connectivity index (χ3n) is 3.69. The van der Waals surface area contributed by atoms with E-state index in [1.807, 2.05) is 0 Å². The van der Waals surface area contributed by atoms with Crippen molar-refractivity contribution in [1.29, 1.82) is 0 Å². The molecule has 0 fully saturated rings. The normalized spacial score (nSPS) is 11.1. The molecule has 0 unspecified atom stereocenters. The summed E-state index contributed by atoms with van der Waals surface area (Å²) in [5, 5.41) is 3.41. The first-order chi connectivity index (χ1) is 10.6. The lowest BCUT2D eigenvalue weighted by atomic mass is 10.1. The summed E-state index contributed by atoms with van der Waals surface area (Å²) >= 11 is 0. The van der Waals surface area contributed by atoms with E-state index in [0.29, 0.717) is 5.92 Å². The molecule has 0 spiro atoms. The molecule has 2 rings (SSSR count). The maximum absolute atomic E-state index is 4.14. The van der Waals surface area contributed by atoms with Gasteiger partial charge in [-0.2, -0.15) is 0 Å². The Bertz CT molecular complexity index is 648. The molecule has 0 aliphatic heterocycles. The predicted octanol–water partition coefficient (Wildman–Crippen LogP) is 5.42. The molecule has 114 valence electrons. The first-order valence-corrected chi connectivity index (χ1v) is 7.82. The number of aryl methyl sites for hydroxylation is 1. The van der Waals surface area contributed by atoms with Crippen LogP contribution < -0.4 is 5.32 Å². The summed E-state index contributed by atoms with van der Waals surface area (Å²) in [7, 11) is 0. The summed E-state index contributed by atoms with van der Waals surface area (Å²) in [4.78, 5) is 0. The van der Waals surface area contributed by atoms with Gasteiger partial charge in [0.1, 0.15) is 0 Å². The molecule has 0 amide bonds. The van der Waals surface area contributed by atoms with Gasteiger partial charge in [-0.1, -0.05) is 81.1 Å². The Kier molecular flexibility index (Phi) is 5.60. The average molecular weight is 291 g/mol. The van der Waals surface area contributed by atoms with Crippen molar-refractivity contribution in [3.63, 3.8) is 0 Å². The van der Waals surface area contributed by atoms with E-state index in [9.17, 15) is 0 Å². The highest BCUT2D eigenvalue weighted by atomic mass is 14.9. The molecule has 2 aromatic carbocycles. The monoisotopic (exact) mass is 291 g/mol. The summed E-state index contributed by atoms with van der Waals surface area (Å²) < 4.78 is 0. The molecule has 22 heavy (non-hydrogen) atoms. The third kappa shape index (κ3) is 4.63. The van der Waals surface area contributed by atoms with Crippen molar-refractivity contribution in [2.75, 3.05) is 0 Å². The summed E-state index contributed by atoms with van der Waals surface area (Å²) in [5.74, 6) is 0.574. The van der Waals surface area contributed by atoms with Gasteiger partial charge in [0, 0.05) is 12.2 Å². The molecule has 0 aliphatic rings. The number of nitrogens with one attached hydrogen (secondary N) is 1. The average Bonchev–Trinajstić information content (AvgIpc) is 2.52. The van der Waals surface area contributed by atoms with Crippen LogP contribution in [0, 0.1) is 12.8 Å². The van der Waals surface area contributed by atoms with Crippen molar-refractivity contribution < 1.29 is 0 Å². The van der Waals surface area contributed by atoms with Crippen LogP contribution in [-0.4, -0.2) is 0 Å². The van der Waals surface area contributed by atoms with Gasteiger partial charge in [0.25, 0.3) is 0 Å². The number of rotatable bonds is 6. The van der Waals surface area contributed by atoms with Crippen LogP contribution in [0.1, 0.15) is 36.1 Å². The van der Waals surface area contributed by atoms with E-state index in [4.69, 9.17) is 0 Å². The highest BCUT2D eigenvalue weighted by Crippen LogP contribution is 2.14. The third-order valence-corrected chi connectivity index (χ3v) is 3.69. The second-order valence-electron chi connectivity index (χ2n) is 5.98. The lowest BCUT2D eigenvalue weighted by molar-refractivity contribution is 0.836. The van der Waals surface area contributed by atoms with E-state index in [1.165, 1.54) is 16.7 Å². The second-order valence-corrected chi connectivity index (χ2v) is 5.98. The molecule has 0 heterocycles. The van der Waals surface area contributed by atoms with Crippen molar-refractivity contribution in [2.45, 2.75) is 27.3 Å². The number of hydrogen-bond acceptors (Lipinski definition) is 1. The highest BCUT2D eigenvalue weighted by molar-refractivity contribution is 5.63. The largest absolute Gasteiger partial charge is 0.381 e. The zero-order chi connectivity index (χ0) is 15.9. The minimum Gasteiger partial charge on any atom is -0.381 e. The zero-order valence-corrected chi connectivity index (χ0v) is 13.8. The molecule has 0 radical (unpaired) electrons. The van der Waals surface area contributed by atoms with E-state index in [0.717, 1.165) is 17.8 Å². The van der Waals surface area contributed by atoms with E-state index in [1.54, 1.807) is 0 Å². The van der Waals surface area contributed by atoms with Crippen LogP contribution in [0.4, 0.5) is 0 Å². The fourth-order valence-corrected chi connectivity index (χ4v) is 2.21.